The molecule has 0 unspecified atom stereocenters. The molecular formula is C28H34N4O4S. The number of benzene rings is 1. The number of carbonyl (C=O) groups excluding carboxylic acids is 3. The first-order valence-electron chi connectivity index (χ1n) is 12.8. The molecule has 2 heterocycles. The van der Waals surface area contributed by atoms with Gasteiger partial charge in [0.25, 0.3) is 0 Å². The number of carbonyl (C=O) groups is 3. The number of ether oxygens (including phenoxy) is 1. The molecule has 1 fully saturated rings. The van der Waals surface area contributed by atoms with Gasteiger partial charge in [-0.05, 0) is 62.4 Å². The average molecular weight is 523 g/mol. The normalized spacial score (nSPS) is 14.7. The quantitative estimate of drug-likeness (QED) is 0.410. The molecule has 37 heavy (non-hydrogen) atoms. The van der Waals surface area contributed by atoms with Crippen molar-refractivity contribution in [2.75, 3.05) is 11.5 Å². The lowest BCUT2D eigenvalue weighted by molar-refractivity contribution is -0.127. The first-order valence-corrected chi connectivity index (χ1v) is 13.7. The molecule has 8 nitrogen and oxygen atoms in total. The average Bonchev–Trinajstić information content (AvgIpc) is 3.51. The maximum atomic E-state index is 13.9. The molecular weight excluding hydrogens is 488 g/mol. The molecule has 4 rings (SSSR count). The lowest BCUT2D eigenvalue weighted by atomic mass is 9.94. The summed E-state index contributed by atoms with van der Waals surface area (Å²) in [6.45, 7) is 3.88. The predicted molar refractivity (Wildman–Crippen MR) is 144 cm³/mol. The summed E-state index contributed by atoms with van der Waals surface area (Å²) in [4.78, 5) is 42.5. The summed E-state index contributed by atoms with van der Waals surface area (Å²) in [5.41, 5.74) is 2.27. The molecule has 0 saturated heterocycles. The Balaban J connectivity index is 1.75. The van der Waals surface area contributed by atoms with Crippen molar-refractivity contribution in [3.8, 4) is 0 Å². The zero-order valence-corrected chi connectivity index (χ0v) is 22.4. The molecule has 1 saturated carbocycles. The Morgan fingerprint density at radius 2 is 1.89 bits per heavy atom. The van der Waals surface area contributed by atoms with Gasteiger partial charge in [-0.3, -0.25) is 19.2 Å². The minimum absolute atomic E-state index is 0.0844. The van der Waals surface area contributed by atoms with Crippen LogP contribution >= 0.6 is 11.3 Å². The summed E-state index contributed by atoms with van der Waals surface area (Å²) >= 11 is 1.50. The van der Waals surface area contributed by atoms with Gasteiger partial charge < -0.3 is 10.1 Å². The van der Waals surface area contributed by atoms with E-state index < -0.39 is 12.0 Å². The van der Waals surface area contributed by atoms with E-state index in [1.54, 1.807) is 54.0 Å². The number of esters is 1. The Morgan fingerprint density at radius 1 is 1.16 bits per heavy atom. The number of nitrogens with one attached hydrogen (secondary N) is 1. The molecule has 2 amide bonds. The minimum atomic E-state index is -0.906. The lowest BCUT2D eigenvalue weighted by Gasteiger charge is -2.33. The van der Waals surface area contributed by atoms with Crippen molar-refractivity contribution in [3.63, 3.8) is 0 Å². The van der Waals surface area contributed by atoms with Crippen LogP contribution < -0.4 is 10.2 Å². The third-order valence-electron chi connectivity index (χ3n) is 6.63. The fraction of sp³-hybridized carbons (Fsp3) is 0.429. The molecule has 1 atom stereocenters. The molecule has 1 N–H and O–H groups in total. The van der Waals surface area contributed by atoms with E-state index in [-0.39, 0.29) is 30.9 Å². The van der Waals surface area contributed by atoms with Crippen molar-refractivity contribution >= 4 is 34.8 Å². The number of hydrogen-bond donors (Lipinski definition) is 1. The van der Waals surface area contributed by atoms with Crippen LogP contribution in [-0.2, 0) is 27.8 Å². The number of anilines is 1. The summed E-state index contributed by atoms with van der Waals surface area (Å²) in [6, 6.07) is 9.66. The van der Waals surface area contributed by atoms with Gasteiger partial charge in [0.05, 0.1) is 24.3 Å². The second-order valence-corrected chi connectivity index (χ2v) is 10.4. The second kappa shape index (κ2) is 12.2. The number of amides is 2. The van der Waals surface area contributed by atoms with Gasteiger partial charge in [0.15, 0.2) is 0 Å². The molecule has 196 valence electrons. The van der Waals surface area contributed by atoms with Gasteiger partial charge >= 0.3 is 5.97 Å². The van der Waals surface area contributed by atoms with Crippen LogP contribution in [0.5, 0.6) is 0 Å². The van der Waals surface area contributed by atoms with E-state index >= 15 is 0 Å². The Hall–Kier alpha value is -3.46. The number of nitrogens with zero attached hydrogens (tertiary/aromatic N) is 3. The van der Waals surface area contributed by atoms with E-state index in [2.05, 4.69) is 10.4 Å². The van der Waals surface area contributed by atoms with Crippen LogP contribution in [0.25, 0.3) is 0 Å². The topological polar surface area (TPSA) is 93.5 Å². The van der Waals surface area contributed by atoms with Crippen LogP contribution in [-0.4, -0.2) is 40.2 Å². The van der Waals surface area contributed by atoms with E-state index in [9.17, 15) is 14.4 Å². The Kier molecular flexibility index (Phi) is 8.76. The fourth-order valence-corrected chi connectivity index (χ4v) is 5.56. The van der Waals surface area contributed by atoms with Gasteiger partial charge in [-0.25, -0.2) is 4.79 Å². The number of rotatable bonds is 9. The van der Waals surface area contributed by atoms with Crippen molar-refractivity contribution in [1.29, 1.82) is 0 Å². The molecule has 9 heteroatoms. The maximum Gasteiger partial charge on any atom is 0.338 e. The Bertz CT molecular complexity index is 1210. The molecule has 0 bridgehead atoms. The smallest absolute Gasteiger partial charge is 0.338 e. The molecule has 2 aromatic heterocycles. The van der Waals surface area contributed by atoms with Crippen LogP contribution in [0.1, 0.15) is 71.6 Å². The SMILES string of the molecule is CCOC(=O)c1ccc(N(C(=O)Cc2cccs2)[C@@H](C(=O)NC2CCCCC2)c2cn(C)nc2C)cc1. The Morgan fingerprint density at radius 3 is 2.49 bits per heavy atom. The zero-order valence-electron chi connectivity index (χ0n) is 21.6. The van der Waals surface area contributed by atoms with Gasteiger partial charge in [0, 0.05) is 35.4 Å². The second-order valence-electron chi connectivity index (χ2n) is 9.38. The molecule has 0 radical (unpaired) electrons. The molecule has 0 aliphatic heterocycles. The summed E-state index contributed by atoms with van der Waals surface area (Å²) in [6.07, 6.45) is 7.16. The van der Waals surface area contributed by atoms with Crippen molar-refractivity contribution in [2.45, 2.75) is 64.5 Å². The van der Waals surface area contributed by atoms with E-state index in [4.69, 9.17) is 4.74 Å². The van der Waals surface area contributed by atoms with Crippen molar-refractivity contribution < 1.29 is 19.1 Å². The number of thiophene rings is 1. The van der Waals surface area contributed by atoms with Crippen molar-refractivity contribution in [2.24, 2.45) is 7.05 Å². The van der Waals surface area contributed by atoms with Gasteiger partial charge in [0.2, 0.25) is 11.8 Å². The van der Waals surface area contributed by atoms with Gasteiger partial charge in [0.1, 0.15) is 6.04 Å². The number of aryl methyl sites for hydroxylation is 2. The predicted octanol–water partition coefficient (Wildman–Crippen LogP) is 4.73. The highest BCUT2D eigenvalue weighted by Gasteiger charge is 2.36. The van der Waals surface area contributed by atoms with Gasteiger partial charge in [-0.2, -0.15) is 5.10 Å². The first kappa shape index (κ1) is 26.6. The van der Waals surface area contributed by atoms with Gasteiger partial charge in [-0.1, -0.05) is 25.3 Å². The third kappa shape index (κ3) is 6.46. The summed E-state index contributed by atoms with van der Waals surface area (Å²) < 4.78 is 6.77. The lowest BCUT2D eigenvalue weighted by Crippen LogP contribution is -2.47. The number of aromatic nitrogens is 2. The van der Waals surface area contributed by atoms with E-state index in [0.717, 1.165) is 30.6 Å². The summed E-state index contributed by atoms with van der Waals surface area (Å²) in [5, 5.41) is 9.62. The van der Waals surface area contributed by atoms with Crippen molar-refractivity contribution in [1.82, 2.24) is 15.1 Å². The minimum Gasteiger partial charge on any atom is -0.462 e. The maximum absolute atomic E-state index is 13.9. The van der Waals surface area contributed by atoms with Crippen LogP contribution in [0.3, 0.4) is 0 Å². The van der Waals surface area contributed by atoms with E-state index in [1.165, 1.54) is 17.8 Å². The van der Waals surface area contributed by atoms with Crippen molar-refractivity contribution in [3.05, 3.63) is 69.7 Å². The largest absolute Gasteiger partial charge is 0.462 e. The summed E-state index contributed by atoms with van der Waals surface area (Å²) in [5.74, 6) is -0.865. The van der Waals surface area contributed by atoms with Crippen LogP contribution in [0.4, 0.5) is 5.69 Å². The highest BCUT2D eigenvalue weighted by molar-refractivity contribution is 7.10. The van der Waals surface area contributed by atoms with E-state index in [1.807, 2.05) is 24.4 Å². The monoisotopic (exact) mass is 522 g/mol. The van der Waals surface area contributed by atoms with Gasteiger partial charge in [-0.15, -0.1) is 11.3 Å². The fourth-order valence-electron chi connectivity index (χ4n) is 4.87. The number of hydrogen-bond acceptors (Lipinski definition) is 6. The van der Waals surface area contributed by atoms with E-state index in [0.29, 0.717) is 22.5 Å². The van der Waals surface area contributed by atoms with Crippen LogP contribution in [0, 0.1) is 6.92 Å². The van der Waals surface area contributed by atoms with Crippen LogP contribution in [0.2, 0.25) is 0 Å². The zero-order chi connectivity index (χ0) is 26.4. The summed E-state index contributed by atoms with van der Waals surface area (Å²) in [7, 11) is 1.80. The third-order valence-corrected chi connectivity index (χ3v) is 7.51. The standard InChI is InChI=1S/C28H34N4O4S/c1-4-36-28(35)20-12-14-22(15-13-20)32(25(33)17-23-11-8-16-37-23)26(24-18-31(3)30-19(24)2)27(34)29-21-9-6-5-7-10-21/h8,11-16,18,21,26H,4-7,9-10,17H2,1-3H3,(H,29,34)/t26-/m1/s1. The Labute approximate surface area is 221 Å². The molecule has 1 aliphatic rings. The highest BCUT2D eigenvalue weighted by atomic mass is 32.1. The first-order chi connectivity index (χ1) is 17.9. The molecule has 1 aliphatic carbocycles. The highest BCUT2D eigenvalue weighted by Crippen LogP contribution is 2.32. The van der Waals surface area contributed by atoms with Crippen LogP contribution in [0.15, 0.2) is 48.0 Å². The molecule has 3 aromatic rings. The molecule has 0 spiro atoms. The molecule has 1 aromatic carbocycles.